The van der Waals surface area contributed by atoms with E-state index in [2.05, 4.69) is 15.9 Å². The zero-order chi connectivity index (χ0) is 17.3. The highest BCUT2D eigenvalue weighted by molar-refractivity contribution is 9.10. The Labute approximate surface area is 148 Å². The predicted octanol–water partition coefficient (Wildman–Crippen LogP) is 2.86. The van der Waals surface area contributed by atoms with Crippen molar-refractivity contribution in [2.75, 3.05) is 6.61 Å². The number of rotatable bonds is 5. The van der Waals surface area contributed by atoms with Crippen LogP contribution in [0.1, 0.15) is 31.8 Å². The number of carbonyl (C=O) groups excluding carboxylic acids is 2. The number of amides is 2. The van der Waals surface area contributed by atoms with Crippen molar-refractivity contribution < 1.29 is 14.4 Å². The van der Waals surface area contributed by atoms with Crippen LogP contribution in [0.5, 0.6) is 0 Å². The number of nitrogens with two attached hydrogens (primary N) is 1. The molecule has 3 rings (SSSR count). The second-order valence-electron chi connectivity index (χ2n) is 5.78. The number of aryl methyl sites for hydroxylation is 1. The maximum absolute atomic E-state index is 12.2. The summed E-state index contributed by atoms with van der Waals surface area (Å²) in [6, 6.07) is 12.3. The SMILES string of the molecule is Cc1cc(Br)ccc1CC(N)CON1C(=O)c2ccccc2C1=O. The molecular weight excluding hydrogens is 372 g/mol. The molecule has 24 heavy (non-hydrogen) atoms. The highest BCUT2D eigenvalue weighted by atomic mass is 79.9. The summed E-state index contributed by atoms with van der Waals surface area (Å²) in [7, 11) is 0. The van der Waals surface area contributed by atoms with Crippen LogP contribution in [0.15, 0.2) is 46.9 Å². The Kier molecular flexibility index (Phi) is 4.80. The van der Waals surface area contributed by atoms with E-state index in [-0.39, 0.29) is 12.6 Å². The van der Waals surface area contributed by atoms with Gasteiger partial charge in [-0.15, -0.1) is 5.06 Å². The predicted molar refractivity (Wildman–Crippen MR) is 93.5 cm³/mol. The van der Waals surface area contributed by atoms with E-state index < -0.39 is 11.8 Å². The van der Waals surface area contributed by atoms with E-state index in [1.165, 1.54) is 0 Å². The van der Waals surface area contributed by atoms with Crippen LogP contribution in [0, 0.1) is 6.92 Å². The molecular formula is C18H17BrN2O3. The molecule has 2 aromatic rings. The molecule has 5 nitrogen and oxygen atoms in total. The number of imide groups is 1. The second-order valence-corrected chi connectivity index (χ2v) is 6.70. The lowest BCUT2D eigenvalue weighted by atomic mass is 10.0. The van der Waals surface area contributed by atoms with Crippen LogP contribution in [0.25, 0.3) is 0 Å². The molecule has 0 saturated heterocycles. The van der Waals surface area contributed by atoms with E-state index in [0.717, 1.165) is 20.7 Å². The van der Waals surface area contributed by atoms with E-state index in [1.807, 2.05) is 25.1 Å². The van der Waals surface area contributed by atoms with Crippen LogP contribution >= 0.6 is 15.9 Å². The first-order valence-corrected chi connectivity index (χ1v) is 8.38. The van der Waals surface area contributed by atoms with Gasteiger partial charge in [-0.1, -0.05) is 34.1 Å². The van der Waals surface area contributed by atoms with Crippen molar-refractivity contribution in [3.8, 4) is 0 Å². The van der Waals surface area contributed by atoms with Crippen molar-refractivity contribution in [3.63, 3.8) is 0 Å². The van der Waals surface area contributed by atoms with Gasteiger partial charge in [0.2, 0.25) is 0 Å². The smallest absolute Gasteiger partial charge is 0.285 e. The Hall–Kier alpha value is -2.02. The maximum atomic E-state index is 12.2. The van der Waals surface area contributed by atoms with Crippen LogP contribution in [-0.2, 0) is 11.3 Å². The molecule has 2 aromatic carbocycles. The fourth-order valence-electron chi connectivity index (χ4n) is 2.68. The molecule has 124 valence electrons. The van der Waals surface area contributed by atoms with Crippen molar-refractivity contribution in [2.24, 2.45) is 5.73 Å². The molecule has 0 aromatic heterocycles. The zero-order valence-electron chi connectivity index (χ0n) is 13.2. The van der Waals surface area contributed by atoms with E-state index >= 15 is 0 Å². The van der Waals surface area contributed by atoms with Gasteiger partial charge in [0.15, 0.2) is 0 Å². The standard InChI is InChI=1S/C18H17BrN2O3/c1-11-8-13(19)7-6-12(11)9-14(20)10-24-21-17(22)15-4-2-3-5-16(15)18(21)23/h2-8,14H,9-10,20H2,1H3. The molecule has 0 aliphatic carbocycles. The minimum absolute atomic E-state index is 0.0843. The number of carbonyl (C=O) groups is 2. The summed E-state index contributed by atoms with van der Waals surface area (Å²) in [4.78, 5) is 29.8. The molecule has 0 spiro atoms. The summed E-state index contributed by atoms with van der Waals surface area (Å²) in [5, 5.41) is 0.805. The van der Waals surface area contributed by atoms with Crippen molar-refractivity contribution in [2.45, 2.75) is 19.4 Å². The molecule has 0 radical (unpaired) electrons. The quantitative estimate of drug-likeness (QED) is 0.799. The minimum Gasteiger partial charge on any atom is -0.325 e. The highest BCUT2D eigenvalue weighted by Gasteiger charge is 2.36. The van der Waals surface area contributed by atoms with E-state index in [9.17, 15) is 9.59 Å². The Bertz CT molecular complexity index is 772. The lowest BCUT2D eigenvalue weighted by Crippen LogP contribution is -2.37. The van der Waals surface area contributed by atoms with E-state index in [0.29, 0.717) is 17.5 Å². The molecule has 2 amide bonds. The number of halogens is 1. The van der Waals surface area contributed by atoms with Gasteiger partial charge in [-0.05, 0) is 48.7 Å². The molecule has 6 heteroatoms. The highest BCUT2D eigenvalue weighted by Crippen LogP contribution is 2.23. The summed E-state index contributed by atoms with van der Waals surface area (Å²) in [5.74, 6) is -0.884. The monoisotopic (exact) mass is 388 g/mol. The molecule has 1 aliphatic heterocycles. The van der Waals surface area contributed by atoms with Crippen LogP contribution in [0.4, 0.5) is 0 Å². The van der Waals surface area contributed by atoms with Crippen molar-refractivity contribution in [1.82, 2.24) is 5.06 Å². The number of benzene rings is 2. The zero-order valence-corrected chi connectivity index (χ0v) is 14.7. The first-order valence-electron chi connectivity index (χ1n) is 7.58. The van der Waals surface area contributed by atoms with Gasteiger partial charge in [0.05, 0.1) is 17.7 Å². The van der Waals surface area contributed by atoms with Gasteiger partial charge >= 0.3 is 0 Å². The lowest BCUT2D eigenvalue weighted by molar-refractivity contribution is -0.0951. The first kappa shape index (κ1) is 16.8. The Morgan fingerprint density at radius 2 is 1.75 bits per heavy atom. The summed E-state index contributed by atoms with van der Waals surface area (Å²) in [6.45, 7) is 2.10. The van der Waals surface area contributed by atoms with E-state index in [4.69, 9.17) is 10.6 Å². The Balaban J connectivity index is 1.62. The fourth-order valence-corrected chi connectivity index (χ4v) is 3.16. The van der Waals surface area contributed by atoms with Gasteiger partial charge in [0, 0.05) is 10.5 Å². The molecule has 0 saturated carbocycles. The van der Waals surface area contributed by atoms with Gasteiger partial charge in [-0.3, -0.25) is 14.4 Å². The van der Waals surface area contributed by atoms with Gasteiger partial charge < -0.3 is 5.73 Å². The lowest BCUT2D eigenvalue weighted by Gasteiger charge is -2.18. The third kappa shape index (κ3) is 3.26. The summed E-state index contributed by atoms with van der Waals surface area (Å²) < 4.78 is 1.01. The number of fused-ring (bicyclic) bond motifs is 1. The first-order chi connectivity index (χ1) is 11.5. The number of hydrogen-bond acceptors (Lipinski definition) is 4. The summed E-state index contributed by atoms with van der Waals surface area (Å²) in [6.07, 6.45) is 0.599. The molecule has 1 unspecified atom stereocenters. The average molecular weight is 389 g/mol. The third-order valence-electron chi connectivity index (χ3n) is 3.96. The summed E-state index contributed by atoms with van der Waals surface area (Å²) in [5.41, 5.74) is 9.06. The normalized spacial score (nSPS) is 14.9. The molecule has 1 aliphatic rings. The van der Waals surface area contributed by atoms with Crippen molar-refractivity contribution >= 4 is 27.7 Å². The van der Waals surface area contributed by atoms with E-state index in [1.54, 1.807) is 24.3 Å². The van der Waals surface area contributed by atoms with Crippen LogP contribution < -0.4 is 5.73 Å². The van der Waals surface area contributed by atoms with Crippen molar-refractivity contribution in [1.29, 1.82) is 0 Å². The largest absolute Gasteiger partial charge is 0.325 e. The van der Waals surface area contributed by atoms with Crippen LogP contribution in [-0.4, -0.2) is 29.5 Å². The number of hydrogen-bond donors (Lipinski definition) is 1. The van der Waals surface area contributed by atoms with Gasteiger partial charge in [-0.25, -0.2) is 0 Å². The minimum atomic E-state index is -0.442. The number of nitrogens with zero attached hydrogens (tertiary/aromatic N) is 1. The number of hydroxylamine groups is 2. The Morgan fingerprint density at radius 3 is 2.33 bits per heavy atom. The molecule has 0 fully saturated rings. The molecule has 1 atom stereocenters. The topological polar surface area (TPSA) is 72.6 Å². The molecule has 2 N–H and O–H groups in total. The van der Waals surface area contributed by atoms with Crippen LogP contribution in [0.2, 0.25) is 0 Å². The summed E-state index contributed by atoms with van der Waals surface area (Å²) >= 11 is 3.43. The molecule has 0 bridgehead atoms. The third-order valence-corrected chi connectivity index (χ3v) is 4.45. The Morgan fingerprint density at radius 1 is 1.12 bits per heavy atom. The van der Waals surface area contributed by atoms with Crippen LogP contribution in [0.3, 0.4) is 0 Å². The van der Waals surface area contributed by atoms with Crippen molar-refractivity contribution in [3.05, 3.63) is 69.2 Å². The van der Waals surface area contributed by atoms with Gasteiger partial charge in [-0.2, -0.15) is 0 Å². The fraction of sp³-hybridized carbons (Fsp3) is 0.222. The second kappa shape index (κ2) is 6.84. The van der Waals surface area contributed by atoms with Gasteiger partial charge in [0.25, 0.3) is 11.8 Å². The average Bonchev–Trinajstić information content (AvgIpc) is 2.80. The molecule has 1 heterocycles. The van der Waals surface area contributed by atoms with Gasteiger partial charge in [0.1, 0.15) is 0 Å². The maximum Gasteiger partial charge on any atom is 0.285 e.